The highest BCUT2D eigenvalue weighted by atomic mass is 16.3. The van der Waals surface area contributed by atoms with Crippen LogP contribution in [-0.2, 0) is 0 Å². The van der Waals surface area contributed by atoms with Crippen LogP contribution in [0.1, 0.15) is 6.42 Å². The van der Waals surface area contributed by atoms with Gasteiger partial charge < -0.3 is 5.11 Å². The number of aliphatic hydroxyl groups excluding tert-OH is 1. The molecule has 0 radical (unpaired) electrons. The molecule has 3 aliphatic carbocycles. The van der Waals surface area contributed by atoms with Crippen molar-refractivity contribution >= 4 is 0 Å². The summed E-state index contributed by atoms with van der Waals surface area (Å²) in [7, 11) is 0. The Labute approximate surface area is 78.5 Å². The van der Waals surface area contributed by atoms with Gasteiger partial charge in [-0.15, -0.1) is 0 Å². The maximum absolute atomic E-state index is 9.85. The first-order valence-corrected chi connectivity index (χ1v) is 5.07. The Balaban J connectivity index is 2.05. The highest BCUT2D eigenvalue weighted by Crippen LogP contribution is 2.45. The summed E-state index contributed by atoms with van der Waals surface area (Å²) >= 11 is 0. The van der Waals surface area contributed by atoms with Gasteiger partial charge in [-0.1, -0.05) is 36.5 Å². The predicted molar refractivity (Wildman–Crippen MR) is 52.0 cm³/mol. The fraction of sp³-hybridized carbons (Fsp3) is 0.500. The van der Waals surface area contributed by atoms with E-state index in [4.69, 9.17) is 0 Å². The SMILES string of the molecule is O[C@@H]1C=C[C@H]2CC=C[C@@H]1[C@@H]1C=C[C@@H]12. The Kier molecular flexibility index (Phi) is 1.50. The van der Waals surface area contributed by atoms with Crippen LogP contribution in [0.2, 0.25) is 0 Å². The van der Waals surface area contributed by atoms with E-state index in [1.807, 2.05) is 6.08 Å². The summed E-state index contributed by atoms with van der Waals surface area (Å²) in [6.07, 6.45) is 14.1. The smallest absolute Gasteiger partial charge is 0.0789 e. The maximum atomic E-state index is 9.85. The highest BCUT2D eigenvalue weighted by Gasteiger charge is 2.40. The van der Waals surface area contributed by atoms with Gasteiger partial charge in [0.1, 0.15) is 0 Å². The zero-order valence-electron chi connectivity index (χ0n) is 7.51. The lowest BCUT2D eigenvalue weighted by Crippen LogP contribution is -2.32. The number of rotatable bonds is 0. The standard InChI is InChI=1S/C12H14O/c13-12-7-4-8-2-1-3-11(12)10-6-5-9(8)10/h1,3-13H,2H2/t8-,9-,10-,11-,12-/m1/s1. The van der Waals surface area contributed by atoms with Crippen LogP contribution in [0.4, 0.5) is 0 Å². The first kappa shape index (κ1) is 7.57. The second-order valence-corrected chi connectivity index (χ2v) is 4.32. The van der Waals surface area contributed by atoms with E-state index in [2.05, 4.69) is 30.4 Å². The minimum absolute atomic E-state index is 0.265. The van der Waals surface area contributed by atoms with Gasteiger partial charge in [0, 0.05) is 5.92 Å². The molecular weight excluding hydrogens is 160 g/mol. The number of hydrogen-bond acceptors (Lipinski definition) is 1. The van der Waals surface area contributed by atoms with Crippen molar-refractivity contribution in [2.45, 2.75) is 12.5 Å². The van der Waals surface area contributed by atoms with Gasteiger partial charge in [0.15, 0.2) is 0 Å². The summed E-state index contributed by atoms with van der Waals surface area (Å²) in [4.78, 5) is 0. The van der Waals surface area contributed by atoms with Crippen LogP contribution in [0, 0.1) is 23.7 Å². The van der Waals surface area contributed by atoms with E-state index in [9.17, 15) is 5.11 Å². The lowest BCUT2D eigenvalue weighted by molar-refractivity contribution is 0.135. The molecule has 5 atom stereocenters. The average molecular weight is 174 g/mol. The molecule has 0 spiro atoms. The molecule has 3 aliphatic rings. The molecule has 1 heteroatoms. The van der Waals surface area contributed by atoms with Crippen LogP contribution >= 0.6 is 0 Å². The average Bonchev–Trinajstić information content (AvgIpc) is 2.21. The number of aliphatic hydroxyl groups is 1. The van der Waals surface area contributed by atoms with Crippen molar-refractivity contribution in [3.05, 3.63) is 36.5 Å². The monoisotopic (exact) mass is 174 g/mol. The van der Waals surface area contributed by atoms with Gasteiger partial charge in [0.25, 0.3) is 0 Å². The van der Waals surface area contributed by atoms with E-state index in [1.54, 1.807) is 0 Å². The molecule has 0 fully saturated rings. The Bertz CT molecular complexity index is 300. The molecule has 0 heterocycles. The number of hydrogen-bond donors (Lipinski definition) is 1. The van der Waals surface area contributed by atoms with Crippen LogP contribution in [0.5, 0.6) is 0 Å². The fourth-order valence-corrected chi connectivity index (χ4v) is 2.79. The molecule has 0 saturated heterocycles. The van der Waals surface area contributed by atoms with Crippen molar-refractivity contribution < 1.29 is 5.11 Å². The van der Waals surface area contributed by atoms with Crippen molar-refractivity contribution in [3.63, 3.8) is 0 Å². The van der Waals surface area contributed by atoms with E-state index in [-0.39, 0.29) is 6.10 Å². The summed E-state index contributed by atoms with van der Waals surface area (Å²) in [6, 6.07) is 0. The van der Waals surface area contributed by atoms with Gasteiger partial charge in [-0.05, 0) is 24.2 Å². The topological polar surface area (TPSA) is 20.2 Å². The van der Waals surface area contributed by atoms with E-state index in [0.29, 0.717) is 23.7 Å². The summed E-state index contributed by atoms with van der Waals surface area (Å²) in [5.74, 6) is 2.24. The van der Waals surface area contributed by atoms with E-state index < -0.39 is 0 Å². The second-order valence-electron chi connectivity index (χ2n) is 4.32. The molecule has 0 aromatic heterocycles. The lowest BCUT2D eigenvalue weighted by atomic mass is 9.69. The highest BCUT2D eigenvalue weighted by molar-refractivity contribution is 5.25. The van der Waals surface area contributed by atoms with Gasteiger partial charge in [0.2, 0.25) is 0 Å². The lowest BCUT2D eigenvalue weighted by Gasteiger charge is -2.35. The minimum Gasteiger partial charge on any atom is -0.388 e. The third-order valence-electron chi connectivity index (χ3n) is 3.66. The quantitative estimate of drug-likeness (QED) is 0.556. The first-order valence-electron chi connectivity index (χ1n) is 5.07. The molecule has 2 bridgehead atoms. The van der Waals surface area contributed by atoms with Crippen LogP contribution < -0.4 is 0 Å². The summed E-state index contributed by atoms with van der Waals surface area (Å²) < 4.78 is 0. The Morgan fingerprint density at radius 3 is 2.46 bits per heavy atom. The minimum atomic E-state index is -0.265. The normalized spacial score (nSPS) is 51.0. The molecular formula is C12H14O. The first-order chi connectivity index (χ1) is 6.36. The predicted octanol–water partition coefficient (Wildman–Crippen LogP) is 1.91. The van der Waals surface area contributed by atoms with E-state index in [1.165, 1.54) is 0 Å². The molecule has 1 N–H and O–H groups in total. The summed E-state index contributed by atoms with van der Waals surface area (Å²) in [5, 5.41) is 9.85. The van der Waals surface area contributed by atoms with Crippen LogP contribution in [0.15, 0.2) is 36.5 Å². The zero-order valence-corrected chi connectivity index (χ0v) is 7.51. The third-order valence-corrected chi connectivity index (χ3v) is 3.66. The molecule has 68 valence electrons. The summed E-state index contributed by atoms with van der Waals surface area (Å²) in [5.41, 5.74) is 0. The van der Waals surface area contributed by atoms with E-state index >= 15 is 0 Å². The van der Waals surface area contributed by atoms with Crippen LogP contribution in [-0.4, -0.2) is 11.2 Å². The Hall–Kier alpha value is -0.820. The van der Waals surface area contributed by atoms with Crippen molar-refractivity contribution in [1.82, 2.24) is 0 Å². The van der Waals surface area contributed by atoms with Crippen molar-refractivity contribution in [3.8, 4) is 0 Å². The molecule has 3 rings (SSSR count). The maximum Gasteiger partial charge on any atom is 0.0789 e. The fourth-order valence-electron chi connectivity index (χ4n) is 2.79. The molecule has 0 unspecified atom stereocenters. The largest absolute Gasteiger partial charge is 0.388 e. The third kappa shape index (κ3) is 0.969. The Morgan fingerprint density at radius 1 is 0.846 bits per heavy atom. The van der Waals surface area contributed by atoms with Gasteiger partial charge in [-0.2, -0.15) is 0 Å². The van der Waals surface area contributed by atoms with Gasteiger partial charge >= 0.3 is 0 Å². The molecule has 1 nitrogen and oxygen atoms in total. The number of allylic oxidation sites excluding steroid dienone is 4. The van der Waals surface area contributed by atoms with Gasteiger partial charge in [-0.3, -0.25) is 0 Å². The van der Waals surface area contributed by atoms with Gasteiger partial charge in [-0.25, -0.2) is 0 Å². The zero-order chi connectivity index (χ0) is 8.84. The van der Waals surface area contributed by atoms with E-state index in [0.717, 1.165) is 6.42 Å². The molecule has 0 saturated carbocycles. The summed E-state index contributed by atoms with van der Waals surface area (Å²) in [6.45, 7) is 0. The molecule has 0 aliphatic heterocycles. The van der Waals surface area contributed by atoms with Crippen molar-refractivity contribution in [2.75, 3.05) is 0 Å². The van der Waals surface area contributed by atoms with Crippen LogP contribution in [0.3, 0.4) is 0 Å². The molecule has 13 heavy (non-hydrogen) atoms. The van der Waals surface area contributed by atoms with Crippen molar-refractivity contribution in [1.29, 1.82) is 0 Å². The second kappa shape index (κ2) is 2.58. The molecule has 0 aromatic carbocycles. The Morgan fingerprint density at radius 2 is 1.69 bits per heavy atom. The van der Waals surface area contributed by atoms with Gasteiger partial charge in [0.05, 0.1) is 6.10 Å². The molecule has 0 amide bonds. The van der Waals surface area contributed by atoms with Crippen LogP contribution in [0.25, 0.3) is 0 Å². The molecule has 0 aromatic rings. The van der Waals surface area contributed by atoms with Crippen molar-refractivity contribution in [2.24, 2.45) is 23.7 Å².